The molecule has 7 heteroatoms. The summed E-state index contributed by atoms with van der Waals surface area (Å²) in [4.78, 5) is 6.12. The molecule has 0 saturated heterocycles. The van der Waals surface area contributed by atoms with Crippen molar-refractivity contribution < 1.29 is 17.6 Å². The predicted octanol–water partition coefficient (Wildman–Crippen LogP) is 2.35. The number of benzene rings is 1. The molecule has 4 nitrogen and oxygen atoms in total. The molecular weight excluding hydrogens is 269 g/mol. The van der Waals surface area contributed by atoms with Gasteiger partial charge in [-0.1, -0.05) is 30.3 Å². The molecule has 0 heterocycles. The SMILES string of the molecule is CC(C)CONS(=O)(=O)c1ccc(Cl)cc1F. The molecule has 0 aliphatic heterocycles. The molecule has 0 radical (unpaired) electrons. The summed E-state index contributed by atoms with van der Waals surface area (Å²) < 4.78 is 36.6. The van der Waals surface area contributed by atoms with Gasteiger partial charge >= 0.3 is 0 Å². The molecule has 0 spiro atoms. The Bertz CT molecular complexity index is 490. The lowest BCUT2D eigenvalue weighted by atomic mass is 10.2. The highest BCUT2D eigenvalue weighted by molar-refractivity contribution is 7.89. The molecule has 0 atom stereocenters. The monoisotopic (exact) mass is 281 g/mol. The molecule has 0 aliphatic rings. The molecule has 0 aliphatic carbocycles. The number of hydrogen-bond donors (Lipinski definition) is 1. The standard InChI is InChI=1S/C10H13ClFNO3S/c1-7(2)6-16-13-17(14,15)10-4-3-8(11)5-9(10)12/h3-5,7,13H,6H2,1-2H3. The van der Waals surface area contributed by atoms with Crippen molar-refractivity contribution in [1.29, 1.82) is 0 Å². The summed E-state index contributed by atoms with van der Waals surface area (Å²) in [6.07, 6.45) is 0. The summed E-state index contributed by atoms with van der Waals surface area (Å²) >= 11 is 5.53. The van der Waals surface area contributed by atoms with E-state index in [-0.39, 0.29) is 17.5 Å². The van der Waals surface area contributed by atoms with Crippen molar-refractivity contribution in [3.05, 3.63) is 29.0 Å². The number of hydrogen-bond acceptors (Lipinski definition) is 3. The number of nitrogens with one attached hydrogen (secondary N) is 1. The average Bonchev–Trinajstić information content (AvgIpc) is 2.15. The van der Waals surface area contributed by atoms with Gasteiger partial charge in [0.2, 0.25) is 0 Å². The molecule has 0 fully saturated rings. The zero-order valence-corrected chi connectivity index (χ0v) is 11.0. The molecule has 0 saturated carbocycles. The summed E-state index contributed by atoms with van der Waals surface area (Å²) in [5.41, 5.74) is 0. The van der Waals surface area contributed by atoms with Crippen molar-refractivity contribution in [3.8, 4) is 0 Å². The molecule has 1 rings (SSSR count). The molecule has 1 aromatic rings. The number of halogens is 2. The first-order valence-electron chi connectivity index (χ1n) is 4.91. The van der Waals surface area contributed by atoms with Crippen LogP contribution in [-0.2, 0) is 14.9 Å². The second-order valence-corrected chi connectivity index (χ2v) is 5.92. The van der Waals surface area contributed by atoms with E-state index in [4.69, 9.17) is 16.4 Å². The Kier molecular flexibility index (Phi) is 4.88. The molecule has 0 amide bonds. The third kappa shape index (κ3) is 4.23. The van der Waals surface area contributed by atoms with Gasteiger partial charge in [-0.2, -0.15) is 0 Å². The Morgan fingerprint density at radius 3 is 2.65 bits per heavy atom. The topological polar surface area (TPSA) is 55.4 Å². The first kappa shape index (κ1) is 14.4. The zero-order valence-electron chi connectivity index (χ0n) is 9.41. The van der Waals surface area contributed by atoms with E-state index in [9.17, 15) is 12.8 Å². The predicted molar refractivity (Wildman–Crippen MR) is 62.5 cm³/mol. The van der Waals surface area contributed by atoms with Gasteiger partial charge in [-0.15, -0.1) is 0 Å². The highest BCUT2D eigenvalue weighted by Crippen LogP contribution is 2.18. The second kappa shape index (κ2) is 5.77. The Hall–Kier alpha value is -0.690. The maximum absolute atomic E-state index is 13.4. The van der Waals surface area contributed by atoms with Gasteiger partial charge in [-0.3, -0.25) is 4.84 Å². The summed E-state index contributed by atoms with van der Waals surface area (Å²) in [6.45, 7) is 3.92. The van der Waals surface area contributed by atoms with Gasteiger partial charge < -0.3 is 0 Å². The number of rotatable bonds is 5. The average molecular weight is 282 g/mol. The van der Waals surface area contributed by atoms with E-state index >= 15 is 0 Å². The lowest BCUT2D eigenvalue weighted by Crippen LogP contribution is -2.26. The van der Waals surface area contributed by atoms with E-state index in [2.05, 4.69) is 0 Å². The van der Waals surface area contributed by atoms with Crippen LogP contribution in [0.25, 0.3) is 0 Å². The summed E-state index contributed by atoms with van der Waals surface area (Å²) in [5.74, 6) is -0.758. The van der Waals surface area contributed by atoms with Gasteiger partial charge in [0, 0.05) is 5.02 Å². The minimum atomic E-state index is -4.01. The molecule has 17 heavy (non-hydrogen) atoms. The van der Waals surface area contributed by atoms with Crippen LogP contribution in [0.1, 0.15) is 13.8 Å². The third-order valence-electron chi connectivity index (χ3n) is 1.77. The van der Waals surface area contributed by atoms with E-state index in [1.54, 1.807) is 0 Å². The van der Waals surface area contributed by atoms with E-state index in [1.807, 2.05) is 18.7 Å². The van der Waals surface area contributed by atoms with Crippen LogP contribution < -0.4 is 4.89 Å². The quantitative estimate of drug-likeness (QED) is 0.843. The van der Waals surface area contributed by atoms with Gasteiger partial charge in [0.1, 0.15) is 10.7 Å². The van der Waals surface area contributed by atoms with Crippen LogP contribution in [-0.4, -0.2) is 15.0 Å². The minimum absolute atomic E-state index is 0.129. The second-order valence-electron chi connectivity index (χ2n) is 3.87. The largest absolute Gasteiger partial charge is 0.287 e. The molecule has 96 valence electrons. The van der Waals surface area contributed by atoms with Crippen molar-refractivity contribution in [1.82, 2.24) is 4.89 Å². The molecule has 0 bridgehead atoms. The van der Waals surface area contributed by atoms with Crippen LogP contribution >= 0.6 is 11.6 Å². The van der Waals surface area contributed by atoms with Crippen molar-refractivity contribution in [2.24, 2.45) is 5.92 Å². The van der Waals surface area contributed by atoms with E-state index in [1.165, 1.54) is 6.07 Å². The summed E-state index contributed by atoms with van der Waals surface area (Å²) in [5, 5.41) is 0.129. The van der Waals surface area contributed by atoms with Crippen LogP contribution in [0, 0.1) is 11.7 Å². The van der Waals surface area contributed by atoms with Crippen LogP contribution in [0.3, 0.4) is 0 Å². The summed E-state index contributed by atoms with van der Waals surface area (Å²) in [6, 6.07) is 3.30. The van der Waals surface area contributed by atoms with E-state index < -0.39 is 20.7 Å². The highest BCUT2D eigenvalue weighted by Gasteiger charge is 2.19. The summed E-state index contributed by atoms with van der Waals surface area (Å²) in [7, 11) is -4.01. The van der Waals surface area contributed by atoms with Crippen LogP contribution in [0.2, 0.25) is 5.02 Å². The van der Waals surface area contributed by atoms with Crippen LogP contribution in [0.4, 0.5) is 4.39 Å². The first-order valence-corrected chi connectivity index (χ1v) is 6.77. The molecule has 0 aromatic heterocycles. The molecule has 0 unspecified atom stereocenters. The Morgan fingerprint density at radius 1 is 1.47 bits per heavy atom. The smallest absolute Gasteiger partial charge is 0.265 e. The fourth-order valence-electron chi connectivity index (χ4n) is 1.02. The van der Waals surface area contributed by atoms with Gasteiger partial charge in [0.15, 0.2) is 0 Å². The van der Waals surface area contributed by atoms with Gasteiger partial charge in [0.25, 0.3) is 10.0 Å². The van der Waals surface area contributed by atoms with Crippen molar-refractivity contribution >= 4 is 21.6 Å². The van der Waals surface area contributed by atoms with Gasteiger partial charge in [-0.05, 0) is 24.1 Å². The minimum Gasteiger partial charge on any atom is -0.287 e. The van der Waals surface area contributed by atoms with Crippen molar-refractivity contribution in [2.45, 2.75) is 18.7 Å². The van der Waals surface area contributed by atoms with Crippen molar-refractivity contribution in [3.63, 3.8) is 0 Å². The van der Waals surface area contributed by atoms with E-state index in [0.717, 1.165) is 12.1 Å². The maximum Gasteiger partial charge on any atom is 0.265 e. The van der Waals surface area contributed by atoms with Gasteiger partial charge in [-0.25, -0.2) is 12.8 Å². The molecule has 1 N–H and O–H groups in total. The Morgan fingerprint density at radius 2 is 2.12 bits per heavy atom. The fourth-order valence-corrected chi connectivity index (χ4v) is 2.05. The van der Waals surface area contributed by atoms with Gasteiger partial charge in [0.05, 0.1) is 6.61 Å². The number of sulfonamides is 1. The maximum atomic E-state index is 13.4. The normalized spacial score (nSPS) is 12.1. The fraction of sp³-hybridized carbons (Fsp3) is 0.400. The Labute approximate surface area is 105 Å². The lowest BCUT2D eigenvalue weighted by Gasteiger charge is -2.09. The lowest BCUT2D eigenvalue weighted by molar-refractivity contribution is 0.0717. The molecular formula is C10H13ClFNO3S. The highest BCUT2D eigenvalue weighted by atomic mass is 35.5. The third-order valence-corrected chi connectivity index (χ3v) is 3.25. The zero-order chi connectivity index (χ0) is 13.1. The molecule has 1 aromatic carbocycles. The van der Waals surface area contributed by atoms with Crippen molar-refractivity contribution in [2.75, 3.05) is 6.61 Å². The van der Waals surface area contributed by atoms with Crippen LogP contribution in [0.15, 0.2) is 23.1 Å². The Balaban J connectivity index is 2.83. The van der Waals surface area contributed by atoms with Crippen LogP contribution in [0.5, 0.6) is 0 Å². The first-order chi connectivity index (χ1) is 7.83. The van der Waals surface area contributed by atoms with E-state index in [0.29, 0.717) is 0 Å².